The van der Waals surface area contributed by atoms with Gasteiger partial charge in [-0.25, -0.2) is 9.37 Å². The summed E-state index contributed by atoms with van der Waals surface area (Å²) < 4.78 is 19.0. The number of thiazole rings is 1. The van der Waals surface area contributed by atoms with Crippen molar-refractivity contribution in [3.05, 3.63) is 70.5 Å². The number of benzene rings is 2. The summed E-state index contributed by atoms with van der Waals surface area (Å²) in [5, 5.41) is 5.50. The van der Waals surface area contributed by atoms with Crippen LogP contribution in [0.2, 0.25) is 0 Å². The lowest BCUT2D eigenvalue weighted by molar-refractivity contribution is 0.0951. The zero-order chi connectivity index (χ0) is 18.5. The standard InChI is InChI=1S/C20H19FN2O2S/c1-3-22-19(24)17-6-4-5-13(2)18(17)25-11-16-12-26-20(23-16)14-7-9-15(21)10-8-14/h4-10,12H,3,11H2,1-2H3,(H,22,24). The molecular weight excluding hydrogens is 351 g/mol. The summed E-state index contributed by atoms with van der Waals surface area (Å²) in [5.74, 6) is 0.137. The van der Waals surface area contributed by atoms with Gasteiger partial charge in [0.15, 0.2) is 0 Å². The van der Waals surface area contributed by atoms with E-state index in [9.17, 15) is 9.18 Å². The van der Waals surface area contributed by atoms with E-state index in [1.165, 1.54) is 23.5 Å². The monoisotopic (exact) mass is 370 g/mol. The Bertz CT molecular complexity index is 906. The van der Waals surface area contributed by atoms with Crippen molar-refractivity contribution in [3.8, 4) is 16.3 Å². The number of hydrogen-bond acceptors (Lipinski definition) is 4. The van der Waals surface area contributed by atoms with Crippen LogP contribution in [-0.4, -0.2) is 17.4 Å². The fraction of sp³-hybridized carbons (Fsp3) is 0.200. The number of carbonyl (C=O) groups is 1. The molecule has 1 heterocycles. The SMILES string of the molecule is CCNC(=O)c1cccc(C)c1OCc1csc(-c2ccc(F)cc2)n1. The molecule has 6 heteroatoms. The maximum Gasteiger partial charge on any atom is 0.255 e. The highest BCUT2D eigenvalue weighted by Crippen LogP contribution is 2.27. The number of hydrogen-bond donors (Lipinski definition) is 1. The van der Waals surface area contributed by atoms with Gasteiger partial charge in [-0.15, -0.1) is 11.3 Å². The van der Waals surface area contributed by atoms with Crippen LogP contribution in [0.15, 0.2) is 47.8 Å². The number of aromatic nitrogens is 1. The molecule has 1 amide bonds. The molecule has 0 atom stereocenters. The van der Waals surface area contributed by atoms with Gasteiger partial charge in [-0.05, 0) is 49.7 Å². The molecule has 0 aliphatic rings. The van der Waals surface area contributed by atoms with Crippen LogP contribution >= 0.6 is 11.3 Å². The normalized spacial score (nSPS) is 10.6. The zero-order valence-corrected chi connectivity index (χ0v) is 15.4. The predicted octanol–water partition coefficient (Wildman–Crippen LogP) is 4.59. The molecule has 0 aliphatic heterocycles. The van der Waals surface area contributed by atoms with Crippen LogP contribution in [-0.2, 0) is 6.61 Å². The molecule has 0 saturated carbocycles. The maximum absolute atomic E-state index is 13.0. The van der Waals surface area contributed by atoms with Gasteiger partial charge in [0.1, 0.15) is 23.2 Å². The van der Waals surface area contributed by atoms with E-state index in [0.29, 0.717) is 17.9 Å². The highest BCUT2D eigenvalue weighted by atomic mass is 32.1. The lowest BCUT2D eigenvalue weighted by atomic mass is 10.1. The van der Waals surface area contributed by atoms with Crippen molar-refractivity contribution in [2.24, 2.45) is 0 Å². The van der Waals surface area contributed by atoms with Gasteiger partial charge in [-0.3, -0.25) is 4.79 Å². The molecule has 0 spiro atoms. The molecule has 0 aliphatic carbocycles. The van der Waals surface area contributed by atoms with E-state index in [-0.39, 0.29) is 18.3 Å². The molecule has 3 aromatic rings. The van der Waals surface area contributed by atoms with Crippen LogP contribution in [0.3, 0.4) is 0 Å². The molecule has 4 nitrogen and oxygen atoms in total. The van der Waals surface area contributed by atoms with Crippen LogP contribution in [0, 0.1) is 12.7 Å². The van der Waals surface area contributed by atoms with E-state index >= 15 is 0 Å². The van der Waals surface area contributed by atoms with Gasteiger partial charge in [0.05, 0.1) is 11.3 Å². The third kappa shape index (κ3) is 4.08. The molecule has 0 unspecified atom stereocenters. The number of nitrogens with one attached hydrogen (secondary N) is 1. The Kier molecular flexibility index (Phi) is 5.63. The van der Waals surface area contributed by atoms with Crippen molar-refractivity contribution in [1.82, 2.24) is 10.3 Å². The Labute approximate surface area is 155 Å². The Morgan fingerprint density at radius 3 is 2.73 bits per heavy atom. The molecular formula is C20H19FN2O2S. The molecule has 1 N–H and O–H groups in total. The Morgan fingerprint density at radius 2 is 2.00 bits per heavy atom. The molecule has 26 heavy (non-hydrogen) atoms. The first-order valence-electron chi connectivity index (χ1n) is 8.29. The summed E-state index contributed by atoms with van der Waals surface area (Å²) in [7, 11) is 0. The third-order valence-corrected chi connectivity index (χ3v) is 4.74. The quantitative estimate of drug-likeness (QED) is 0.691. The number of halogens is 1. The Balaban J connectivity index is 1.76. The number of carbonyl (C=O) groups excluding carboxylic acids is 1. The second-order valence-corrected chi connectivity index (χ2v) is 6.61. The van der Waals surface area contributed by atoms with Gasteiger partial charge >= 0.3 is 0 Å². The van der Waals surface area contributed by atoms with Gasteiger partial charge in [0.25, 0.3) is 5.91 Å². The van der Waals surface area contributed by atoms with Crippen LogP contribution in [0.4, 0.5) is 4.39 Å². The van der Waals surface area contributed by atoms with E-state index in [4.69, 9.17) is 4.74 Å². The van der Waals surface area contributed by atoms with Crippen molar-refractivity contribution in [2.75, 3.05) is 6.54 Å². The van der Waals surface area contributed by atoms with Crippen molar-refractivity contribution in [2.45, 2.75) is 20.5 Å². The zero-order valence-electron chi connectivity index (χ0n) is 14.6. The largest absolute Gasteiger partial charge is 0.486 e. The highest BCUT2D eigenvalue weighted by Gasteiger charge is 2.15. The molecule has 0 radical (unpaired) electrons. The van der Waals surface area contributed by atoms with Gasteiger partial charge in [-0.2, -0.15) is 0 Å². The van der Waals surface area contributed by atoms with E-state index < -0.39 is 0 Å². The molecule has 134 valence electrons. The summed E-state index contributed by atoms with van der Waals surface area (Å²) >= 11 is 1.47. The van der Waals surface area contributed by atoms with Gasteiger partial charge in [-0.1, -0.05) is 12.1 Å². The smallest absolute Gasteiger partial charge is 0.255 e. The number of amides is 1. The number of ether oxygens (including phenoxy) is 1. The molecule has 2 aromatic carbocycles. The Hall–Kier alpha value is -2.73. The number of nitrogens with zero attached hydrogens (tertiary/aromatic N) is 1. The molecule has 1 aromatic heterocycles. The van der Waals surface area contributed by atoms with E-state index in [2.05, 4.69) is 10.3 Å². The van der Waals surface area contributed by atoms with Crippen molar-refractivity contribution in [1.29, 1.82) is 0 Å². The molecule has 0 bridgehead atoms. The highest BCUT2D eigenvalue weighted by molar-refractivity contribution is 7.13. The van der Waals surface area contributed by atoms with Gasteiger partial charge in [0.2, 0.25) is 0 Å². The summed E-state index contributed by atoms with van der Waals surface area (Å²) in [6, 6.07) is 11.7. The number of rotatable bonds is 6. The average Bonchev–Trinajstić information content (AvgIpc) is 3.10. The van der Waals surface area contributed by atoms with Gasteiger partial charge in [0, 0.05) is 17.5 Å². The number of para-hydroxylation sites is 1. The molecule has 0 saturated heterocycles. The fourth-order valence-electron chi connectivity index (χ4n) is 2.52. The van der Waals surface area contributed by atoms with E-state index in [0.717, 1.165) is 21.8 Å². The number of aryl methyl sites for hydroxylation is 1. The van der Waals surface area contributed by atoms with Crippen LogP contribution in [0.25, 0.3) is 10.6 Å². The third-order valence-electron chi connectivity index (χ3n) is 3.80. The van der Waals surface area contributed by atoms with E-state index in [1.807, 2.05) is 31.4 Å². The summed E-state index contributed by atoms with van der Waals surface area (Å²) in [5.41, 5.74) is 3.03. The summed E-state index contributed by atoms with van der Waals surface area (Å²) in [6.45, 7) is 4.60. The van der Waals surface area contributed by atoms with Crippen molar-refractivity contribution >= 4 is 17.2 Å². The first-order chi connectivity index (χ1) is 12.6. The van der Waals surface area contributed by atoms with Crippen LogP contribution in [0.1, 0.15) is 28.5 Å². The molecule has 0 fully saturated rings. The fourth-order valence-corrected chi connectivity index (χ4v) is 3.33. The first kappa shape index (κ1) is 18.1. The lowest BCUT2D eigenvalue weighted by Crippen LogP contribution is -2.23. The summed E-state index contributed by atoms with van der Waals surface area (Å²) in [6.07, 6.45) is 0. The van der Waals surface area contributed by atoms with Crippen LogP contribution < -0.4 is 10.1 Å². The van der Waals surface area contributed by atoms with Crippen molar-refractivity contribution in [3.63, 3.8) is 0 Å². The minimum Gasteiger partial charge on any atom is -0.486 e. The second kappa shape index (κ2) is 8.10. The minimum absolute atomic E-state index is 0.156. The minimum atomic E-state index is -0.272. The first-order valence-corrected chi connectivity index (χ1v) is 9.17. The summed E-state index contributed by atoms with van der Waals surface area (Å²) in [4.78, 5) is 16.7. The topological polar surface area (TPSA) is 51.2 Å². The van der Waals surface area contributed by atoms with Gasteiger partial charge < -0.3 is 10.1 Å². The second-order valence-electron chi connectivity index (χ2n) is 5.75. The Morgan fingerprint density at radius 1 is 1.23 bits per heavy atom. The van der Waals surface area contributed by atoms with Crippen molar-refractivity contribution < 1.29 is 13.9 Å². The predicted molar refractivity (Wildman–Crippen MR) is 101 cm³/mol. The van der Waals surface area contributed by atoms with E-state index in [1.54, 1.807) is 18.2 Å². The maximum atomic E-state index is 13.0. The lowest BCUT2D eigenvalue weighted by Gasteiger charge is -2.13. The van der Waals surface area contributed by atoms with Crippen LogP contribution in [0.5, 0.6) is 5.75 Å². The molecule has 3 rings (SSSR count). The average molecular weight is 370 g/mol.